The molecule has 0 saturated heterocycles. The average Bonchev–Trinajstić information content (AvgIpc) is 2.95. The van der Waals surface area contributed by atoms with E-state index in [1.807, 2.05) is 11.4 Å². The van der Waals surface area contributed by atoms with Gasteiger partial charge in [0.05, 0.1) is 6.20 Å². The Hall–Kier alpha value is -1.73. The molecule has 3 aromatic rings. The van der Waals surface area contributed by atoms with Crippen LogP contribution in [0.5, 0.6) is 0 Å². The van der Waals surface area contributed by atoms with E-state index < -0.39 is 0 Å². The molecule has 0 aliphatic rings. The molecule has 0 aliphatic heterocycles. The Morgan fingerprint density at radius 1 is 1.30 bits per heavy atom. The van der Waals surface area contributed by atoms with Crippen LogP contribution in [0.1, 0.15) is 13.3 Å². The molecule has 0 bridgehead atoms. The van der Waals surface area contributed by atoms with Crippen LogP contribution in [0.3, 0.4) is 0 Å². The maximum Gasteiger partial charge on any atom is 0.225 e. The third-order valence-electron chi connectivity index (χ3n) is 2.56. The summed E-state index contributed by atoms with van der Waals surface area (Å²) in [4.78, 5) is 18.5. The highest BCUT2D eigenvalue weighted by Crippen LogP contribution is 2.33. The highest BCUT2D eigenvalue weighted by Gasteiger charge is 2.10. The molecule has 3 rings (SSSR count). The van der Waals surface area contributed by atoms with Crippen molar-refractivity contribution in [2.24, 2.45) is 0 Å². The van der Waals surface area contributed by atoms with Crippen molar-refractivity contribution in [3.63, 3.8) is 0 Å². The molecule has 7 heteroatoms. The summed E-state index contributed by atoms with van der Waals surface area (Å²) in [5.41, 5.74) is 0. The van der Waals surface area contributed by atoms with Crippen LogP contribution in [-0.4, -0.2) is 26.5 Å². The van der Waals surface area contributed by atoms with Crippen molar-refractivity contribution in [3.05, 3.63) is 30.0 Å². The lowest BCUT2D eigenvalue weighted by Crippen LogP contribution is -2.04. The lowest BCUT2D eigenvalue weighted by molar-refractivity contribution is 0.946. The SMILES string of the molecule is CCCNc1nc(Sc2cnccn2)c2ccsc2n1. The van der Waals surface area contributed by atoms with Gasteiger partial charge in [-0.15, -0.1) is 11.3 Å². The summed E-state index contributed by atoms with van der Waals surface area (Å²) >= 11 is 3.13. The fourth-order valence-corrected chi connectivity index (χ4v) is 3.32. The molecule has 0 fully saturated rings. The predicted octanol–water partition coefficient (Wildman–Crippen LogP) is 3.45. The largest absolute Gasteiger partial charge is 0.354 e. The number of rotatable bonds is 5. The molecule has 3 heterocycles. The van der Waals surface area contributed by atoms with Gasteiger partial charge in [0.2, 0.25) is 5.95 Å². The summed E-state index contributed by atoms with van der Waals surface area (Å²) in [6.07, 6.45) is 6.13. The quantitative estimate of drug-likeness (QED) is 0.728. The van der Waals surface area contributed by atoms with Gasteiger partial charge in [-0.05, 0) is 29.6 Å². The first kappa shape index (κ1) is 13.3. The van der Waals surface area contributed by atoms with Crippen molar-refractivity contribution in [2.45, 2.75) is 23.4 Å². The van der Waals surface area contributed by atoms with Gasteiger partial charge in [-0.1, -0.05) is 6.92 Å². The van der Waals surface area contributed by atoms with Crippen molar-refractivity contribution in [2.75, 3.05) is 11.9 Å². The first-order valence-corrected chi connectivity index (χ1v) is 7.99. The van der Waals surface area contributed by atoms with Gasteiger partial charge in [0.25, 0.3) is 0 Å². The number of nitrogens with one attached hydrogen (secondary N) is 1. The molecule has 102 valence electrons. The van der Waals surface area contributed by atoms with Gasteiger partial charge in [0.15, 0.2) is 0 Å². The zero-order valence-corrected chi connectivity index (χ0v) is 12.5. The van der Waals surface area contributed by atoms with Crippen LogP contribution in [0.15, 0.2) is 40.1 Å². The van der Waals surface area contributed by atoms with Crippen molar-refractivity contribution in [1.82, 2.24) is 19.9 Å². The standard InChI is InChI=1S/C13H13N5S2/c1-2-4-16-13-17-11-9(3-7-19-11)12(18-13)20-10-8-14-5-6-15-10/h3,5-8H,2,4H2,1H3,(H,16,17,18). The second-order valence-corrected chi connectivity index (χ2v) is 5.97. The van der Waals surface area contributed by atoms with Crippen LogP contribution in [0.2, 0.25) is 0 Å². The molecular weight excluding hydrogens is 290 g/mol. The van der Waals surface area contributed by atoms with Crippen molar-refractivity contribution in [3.8, 4) is 0 Å². The van der Waals surface area contributed by atoms with Crippen LogP contribution in [-0.2, 0) is 0 Å². The Labute approximate surface area is 124 Å². The highest BCUT2D eigenvalue weighted by atomic mass is 32.2. The van der Waals surface area contributed by atoms with E-state index in [-0.39, 0.29) is 0 Å². The number of aromatic nitrogens is 4. The van der Waals surface area contributed by atoms with E-state index in [2.05, 4.69) is 32.2 Å². The number of nitrogens with zero attached hydrogens (tertiary/aromatic N) is 4. The molecule has 0 radical (unpaired) electrons. The van der Waals surface area contributed by atoms with Crippen molar-refractivity contribution < 1.29 is 0 Å². The molecule has 0 unspecified atom stereocenters. The molecule has 0 aromatic carbocycles. The van der Waals surface area contributed by atoms with Crippen molar-refractivity contribution in [1.29, 1.82) is 0 Å². The van der Waals surface area contributed by atoms with Gasteiger partial charge in [0.1, 0.15) is 14.9 Å². The van der Waals surface area contributed by atoms with Gasteiger partial charge in [-0.2, -0.15) is 0 Å². The van der Waals surface area contributed by atoms with E-state index in [1.165, 1.54) is 11.8 Å². The summed E-state index contributed by atoms with van der Waals surface area (Å²) in [6.45, 7) is 2.98. The second-order valence-electron chi connectivity index (χ2n) is 4.06. The molecule has 5 nitrogen and oxygen atoms in total. The van der Waals surface area contributed by atoms with E-state index in [9.17, 15) is 0 Å². The normalized spacial score (nSPS) is 10.8. The lowest BCUT2D eigenvalue weighted by atomic mass is 10.4. The number of thiophene rings is 1. The van der Waals surface area contributed by atoms with E-state index in [0.717, 1.165) is 33.2 Å². The molecule has 0 atom stereocenters. The van der Waals surface area contributed by atoms with Crippen LogP contribution in [0.25, 0.3) is 10.2 Å². The zero-order valence-electron chi connectivity index (χ0n) is 10.9. The predicted molar refractivity (Wildman–Crippen MR) is 82.4 cm³/mol. The smallest absolute Gasteiger partial charge is 0.225 e. The van der Waals surface area contributed by atoms with Gasteiger partial charge >= 0.3 is 0 Å². The fourth-order valence-electron chi connectivity index (χ4n) is 1.66. The highest BCUT2D eigenvalue weighted by molar-refractivity contribution is 7.99. The molecule has 0 spiro atoms. The van der Waals surface area contributed by atoms with Crippen LogP contribution in [0.4, 0.5) is 5.95 Å². The molecule has 3 aromatic heterocycles. The summed E-state index contributed by atoms with van der Waals surface area (Å²) in [6, 6.07) is 2.04. The third kappa shape index (κ3) is 2.88. The minimum Gasteiger partial charge on any atom is -0.354 e. The minimum absolute atomic E-state index is 0.674. The number of hydrogen-bond acceptors (Lipinski definition) is 7. The Morgan fingerprint density at radius 2 is 2.25 bits per heavy atom. The molecule has 1 N–H and O–H groups in total. The Bertz CT molecular complexity index is 698. The van der Waals surface area contributed by atoms with Gasteiger partial charge in [0, 0.05) is 24.3 Å². The lowest BCUT2D eigenvalue weighted by Gasteiger charge is -2.06. The van der Waals surface area contributed by atoms with Gasteiger partial charge in [-0.25, -0.2) is 15.0 Å². The Kier molecular flexibility index (Phi) is 4.08. The van der Waals surface area contributed by atoms with E-state index >= 15 is 0 Å². The first-order valence-electron chi connectivity index (χ1n) is 6.30. The first-order chi connectivity index (χ1) is 9.86. The third-order valence-corrected chi connectivity index (χ3v) is 4.30. The maximum atomic E-state index is 4.59. The number of fused-ring (bicyclic) bond motifs is 1. The Balaban J connectivity index is 1.97. The number of hydrogen-bond donors (Lipinski definition) is 1. The van der Waals surface area contributed by atoms with Crippen LogP contribution >= 0.6 is 23.1 Å². The van der Waals surface area contributed by atoms with E-state index in [4.69, 9.17) is 0 Å². The Morgan fingerprint density at radius 3 is 3.05 bits per heavy atom. The second kappa shape index (κ2) is 6.15. The molecule has 0 aliphatic carbocycles. The van der Waals surface area contributed by atoms with Crippen LogP contribution in [0, 0.1) is 0 Å². The summed E-state index contributed by atoms with van der Waals surface area (Å²) in [7, 11) is 0. The summed E-state index contributed by atoms with van der Waals surface area (Å²) < 4.78 is 0. The number of anilines is 1. The molecule has 20 heavy (non-hydrogen) atoms. The fraction of sp³-hybridized carbons (Fsp3) is 0.231. The van der Waals surface area contributed by atoms with Gasteiger partial charge < -0.3 is 5.32 Å². The van der Waals surface area contributed by atoms with E-state index in [0.29, 0.717) is 5.95 Å². The van der Waals surface area contributed by atoms with E-state index in [1.54, 1.807) is 29.9 Å². The molecule has 0 amide bonds. The summed E-state index contributed by atoms with van der Waals surface area (Å²) in [5, 5.41) is 8.08. The summed E-state index contributed by atoms with van der Waals surface area (Å²) in [5.74, 6) is 0.674. The monoisotopic (exact) mass is 303 g/mol. The average molecular weight is 303 g/mol. The van der Waals surface area contributed by atoms with Crippen molar-refractivity contribution >= 4 is 39.3 Å². The maximum absolute atomic E-state index is 4.59. The topological polar surface area (TPSA) is 63.6 Å². The molecule has 0 saturated carbocycles. The zero-order chi connectivity index (χ0) is 13.8. The molecular formula is C13H13N5S2. The van der Waals surface area contributed by atoms with Crippen LogP contribution < -0.4 is 5.32 Å². The minimum atomic E-state index is 0.674. The van der Waals surface area contributed by atoms with Gasteiger partial charge in [-0.3, -0.25) is 4.98 Å².